The lowest BCUT2D eigenvalue weighted by atomic mass is 10.1. The number of nitrogens with zero attached hydrogens (tertiary/aromatic N) is 1. The molecule has 21 heavy (non-hydrogen) atoms. The van der Waals surface area contributed by atoms with Crippen molar-refractivity contribution in [1.82, 2.24) is 0 Å². The highest BCUT2D eigenvalue weighted by Crippen LogP contribution is 2.23. The molecular formula is C17H18N2O2. The van der Waals surface area contributed by atoms with Crippen molar-refractivity contribution >= 4 is 11.9 Å². The molecule has 3 rings (SSSR count). The first-order valence-electron chi connectivity index (χ1n) is 7.09. The molecule has 0 unspecified atom stereocenters. The molecule has 0 aliphatic carbocycles. The van der Waals surface area contributed by atoms with Crippen LogP contribution in [0.15, 0.2) is 59.7 Å². The van der Waals surface area contributed by atoms with Crippen LogP contribution in [0.25, 0.3) is 0 Å². The van der Waals surface area contributed by atoms with Crippen molar-refractivity contribution in [2.24, 2.45) is 5.10 Å². The molecule has 1 aliphatic heterocycles. The van der Waals surface area contributed by atoms with Gasteiger partial charge in [0.25, 0.3) is 0 Å². The number of benzene rings is 2. The number of hydrogen-bond acceptors (Lipinski definition) is 4. The van der Waals surface area contributed by atoms with Crippen molar-refractivity contribution in [3.05, 3.63) is 65.7 Å². The highest BCUT2D eigenvalue weighted by Gasteiger charge is 2.16. The summed E-state index contributed by atoms with van der Waals surface area (Å²) >= 11 is 0. The van der Waals surface area contributed by atoms with Gasteiger partial charge < -0.3 is 9.47 Å². The van der Waals surface area contributed by atoms with E-state index < -0.39 is 0 Å². The van der Waals surface area contributed by atoms with Crippen LogP contribution in [-0.2, 0) is 9.47 Å². The lowest BCUT2D eigenvalue weighted by molar-refractivity contribution is -0.183. The molecule has 2 aromatic carbocycles. The standard InChI is InChI=1S/C17H18N2O2/c1-2-8-16(9-3-1)19-18-13-14-6-4-7-15(12-14)17-20-10-5-11-21-17/h1-4,6-9,12-13,17,19H,5,10-11H2. The Morgan fingerprint density at radius 3 is 2.62 bits per heavy atom. The number of rotatable bonds is 4. The van der Waals surface area contributed by atoms with E-state index in [9.17, 15) is 0 Å². The Labute approximate surface area is 124 Å². The maximum atomic E-state index is 5.61. The second-order valence-corrected chi connectivity index (χ2v) is 4.83. The van der Waals surface area contributed by atoms with E-state index in [1.54, 1.807) is 6.21 Å². The maximum Gasteiger partial charge on any atom is 0.183 e. The largest absolute Gasteiger partial charge is 0.348 e. The highest BCUT2D eigenvalue weighted by molar-refractivity contribution is 5.80. The van der Waals surface area contributed by atoms with Crippen LogP contribution in [-0.4, -0.2) is 19.4 Å². The predicted molar refractivity (Wildman–Crippen MR) is 83.4 cm³/mol. The van der Waals surface area contributed by atoms with Crippen LogP contribution in [0, 0.1) is 0 Å². The van der Waals surface area contributed by atoms with Crippen molar-refractivity contribution in [2.75, 3.05) is 18.6 Å². The smallest absolute Gasteiger partial charge is 0.183 e. The Morgan fingerprint density at radius 2 is 1.81 bits per heavy atom. The third-order valence-corrected chi connectivity index (χ3v) is 3.19. The summed E-state index contributed by atoms with van der Waals surface area (Å²) in [6.07, 6.45) is 2.49. The molecule has 0 saturated carbocycles. The number of ether oxygens (including phenoxy) is 2. The summed E-state index contributed by atoms with van der Waals surface area (Å²) < 4.78 is 11.2. The summed E-state index contributed by atoms with van der Waals surface area (Å²) in [6, 6.07) is 17.9. The van der Waals surface area contributed by atoms with E-state index in [4.69, 9.17) is 9.47 Å². The van der Waals surface area contributed by atoms with Gasteiger partial charge in [0.05, 0.1) is 25.1 Å². The monoisotopic (exact) mass is 282 g/mol. The van der Waals surface area contributed by atoms with Crippen LogP contribution in [0.4, 0.5) is 5.69 Å². The van der Waals surface area contributed by atoms with Crippen molar-refractivity contribution in [3.8, 4) is 0 Å². The summed E-state index contributed by atoms with van der Waals surface area (Å²) in [5.74, 6) is 0. The fourth-order valence-electron chi connectivity index (χ4n) is 2.16. The Bertz CT molecular complexity index is 593. The van der Waals surface area contributed by atoms with Gasteiger partial charge in [-0.15, -0.1) is 0 Å². The van der Waals surface area contributed by atoms with Crippen molar-refractivity contribution < 1.29 is 9.47 Å². The van der Waals surface area contributed by atoms with Gasteiger partial charge in [-0.25, -0.2) is 0 Å². The van der Waals surface area contributed by atoms with Gasteiger partial charge in [-0.1, -0.05) is 36.4 Å². The summed E-state index contributed by atoms with van der Waals surface area (Å²) in [7, 11) is 0. The van der Waals surface area contributed by atoms with E-state index in [0.29, 0.717) is 0 Å². The summed E-state index contributed by atoms with van der Waals surface area (Å²) in [6.45, 7) is 1.50. The van der Waals surface area contributed by atoms with E-state index >= 15 is 0 Å². The number of hydrazone groups is 1. The molecule has 2 aromatic rings. The highest BCUT2D eigenvalue weighted by atomic mass is 16.7. The van der Waals surface area contributed by atoms with Crippen LogP contribution in [0.5, 0.6) is 0 Å². The van der Waals surface area contributed by atoms with Gasteiger partial charge in [0, 0.05) is 5.56 Å². The van der Waals surface area contributed by atoms with Gasteiger partial charge in [-0.3, -0.25) is 5.43 Å². The average Bonchev–Trinajstić information content (AvgIpc) is 2.57. The quantitative estimate of drug-likeness (QED) is 0.688. The van der Waals surface area contributed by atoms with E-state index in [0.717, 1.165) is 36.4 Å². The number of nitrogens with one attached hydrogen (secondary N) is 1. The first-order chi connectivity index (χ1) is 10.4. The van der Waals surface area contributed by atoms with Crippen molar-refractivity contribution in [1.29, 1.82) is 0 Å². The summed E-state index contributed by atoms with van der Waals surface area (Å²) in [4.78, 5) is 0. The fraction of sp³-hybridized carbons (Fsp3) is 0.235. The zero-order valence-corrected chi connectivity index (χ0v) is 11.7. The number of para-hydroxylation sites is 1. The number of hydrogen-bond donors (Lipinski definition) is 1. The van der Waals surface area contributed by atoms with Gasteiger partial charge in [0.1, 0.15) is 0 Å². The molecule has 1 heterocycles. The molecule has 0 spiro atoms. The van der Waals surface area contributed by atoms with E-state index in [-0.39, 0.29) is 6.29 Å². The van der Waals surface area contributed by atoms with Crippen LogP contribution >= 0.6 is 0 Å². The second-order valence-electron chi connectivity index (χ2n) is 4.83. The van der Waals surface area contributed by atoms with E-state index in [2.05, 4.69) is 10.5 Å². The predicted octanol–water partition coefficient (Wildman–Crippen LogP) is 3.57. The first-order valence-corrected chi connectivity index (χ1v) is 7.09. The lowest BCUT2D eigenvalue weighted by Gasteiger charge is -2.23. The lowest BCUT2D eigenvalue weighted by Crippen LogP contribution is -2.17. The van der Waals surface area contributed by atoms with Crippen molar-refractivity contribution in [2.45, 2.75) is 12.7 Å². The zero-order chi connectivity index (χ0) is 14.3. The van der Waals surface area contributed by atoms with Crippen molar-refractivity contribution in [3.63, 3.8) is 0 Å². The van der Waals surface area contributed by atoms with Crippen LogP contribution in [0.2, 0.25) is 0 Å². The molecule has 0 amide bonds. The SMILES string of the molecule is C(=NNc1ccccc1)c1cccc(C2OCCCO2)c1. The Balaban J connectivity index is 1.65. The third-order valence-electron chi connectivity index (χ3n) is 3.19. The molecule has 1 saturated heterocycles. The Kier molecular flexibility index (Phi) is 4.61. The second kappa shape index (κ2) is 7.02. The topological polar surface area (TPSA) is 42.9 Å². The van der Waals surface area contributed by atoms with Gasteiger partial charge in [0.2, 0.25) is 0 Å². The van der Waals surface area contributed by atoms with Crippen LogP contribution in [0.1, 0.15) is 23.8 Å². The Morgan fingerprint density at radius 1 is 1.00 bits per heavy atom. The van der Waals surface area contributed by atoms with E-state index in [1.807, 2.05) is 54.6 Å². The zero-order valence-electron chi connectivity index (χ0n) is 11.7. The maximum absolute atomic E-state index is 5.61. The van der Waals surface area contributed by atoms with Crippen LogP contribution < -0.4 is 5.43 Å². The molecule has 0 bridgehead atoms. The molecular weight excluding hydrogens is 264 g/mol. The van der Waals surface area contributed by atoms with E-state index in [1.165, 1.54) is 0 Å². The molecule has 108 valence electrons. The number of anilines is 1. The minimum Gasteiger partial charge on any atom is -0.348 e. The third kappa shape index (κ3) is 3.90. The fourth-order valence-corrected chi connectivity index (χ4v) is 2.16. The Hall–Kier alpha value is -2.17. The molecule has 0 radical (unpaired) electrons. The summed E-state index contributed by atoms with van der Waals surface area (Å²) in [5, 5.41) is 4.24. The molecule has 4 heteroatoms. The minimum atomic E-state index is -0.255. The van der Waals surface area contributed by atoms with Gasteiger partial charge in [-0.05, 0) is 30.2 Å². The normalized spacial score (nSPS) is 16.2. The van der Waals surface area contributed by atoms with Gasteiger partial charge in [0.15, 0.2) is 6.29 Å². The average molecular weight is 282 g/mol. The van der Waals surface area contributed by atoms with Gasteiger partial charge >= 0.3 is 0 Å². The molecule has 1 N–H and O–H groups in total. The minimum absolute atomic E-state index is 0.255. The first kappa shape index (κ1) is 13.8. The molecule has 1 aliphatic rings. The molecule has 0 aromatic heterocycles. The molecule has 0 atom stereocenters. The molecule has 1 fully saturated rings. The van der Waals surface area contributed by atoms with Crippen LogP contribution in [0.3, 0.4) is 0 Å². The van der Waals surface area contributed by atoms with Gasteiger partial charge in [-0.2, -0.15) is 5.10 Å². The summed E-state index contributed by atoms with van der Waals surface area (Å²) in [5.41, 5.74) is 6.00. The molecule has 4 nitrogen and oxygen atoms in total.